The lowest BCUT2D eigenvalue weighted by molar-refractivity contribution is -0.229. The van der Waals surface area contributed by atoms with Crippen LogP contribution in [0.25, 0.3) is 0 Å². The van der Waals surface area contributed by atoms with Crippen LogP contribution in [0.15, 0.2) is 24.3 Å². The highest BCUT2D eigenvalue weighted by Gasteiger charge is 2.56. The van der Waals surface area contributed by atoms with Crippen molar-refractivity contribution >= 4 is 11.8 Å². The Balaban J connectivity index is 1.53. The Morgan fingerprint density at radius 3 is 2.61 bits per heavy atom. The number of nitrogens with zero attached hydrogens (tertiary/aromatic N) is 1. The van der Waals surface area contributed by atoms with Crippen LogP contribution in [0.3, 0.4) is 0 Å². The first-order valence-corrected chi connectivity index (χ1v) is 7.65. The number of fused-ring (bicyclic) bond motifs is 1. The van der Waals surface area contributed by atoms with E-state index in [1.807, 2.05) is 13.8 Å². The van der Waals surface area contributed by atoms with E-state index >= 15 is 0 Å². The normalized spacial score (nSPS) is 35.4. The van der Waals surface area contributed by atoms with E-state index in [1.165, 1.54) is 17.0 Å². The molecule has 7 heteroatoms. The molecule has 23 heavy (non-hydrogen) atoms. The number of carbonyl (C=O) groups excluding carboxylic acids is 1. The summed E-state index contributed by atoms with van der Waals surface area (Å²) in [4.78, 5) is 13.7. The van der Waals surface area contributed by atoms with Gasteiger partial charge in [-0.15, -0.1) is 0 Å². The lowest BCUT2D eigenvalue weighted by atomic mass is 10.0. The van der Waals surface area contributed by atoms with Crippen molar-refractivity contribution in [2.45, 2.75) is 44.1 Å². The van der Waals surface area contributed by atoms with Crippen LogP contribution < -0.4 is 4.90 Å². The molecule has 3 fully saturated rings. The molecule has 0 aromatic heterocycles. The van der Waals surface area contributed by atoms with E-state index in [0.29, 0.717) is 18.7 Å². The first-order chi connectivity index (χ1) is 10.9. The number of hydrogen-bond acceptors (Lipinski definition) is 6. The van der Waals surface area contributed by atoms with Gasteiger partial charge in [-0.1, -0.05) is 0 Å². The van der Waals surface area contributed by atoms with Gasteiger partial charge in [-0.3, -0.25) is 4.90 Å². The standard InChI is InChI=1S/C16H19NO6/c1-15(2)21-12-7-16(20-8-13(12)22-15)9-17(14(19)23-16)10-3-5-11(18)6-4-10/h3-6,12-13,18H,7-9H2,1-2H3/t12-,13+,16+/m0/s1. The zero-order chi connectivity index (χ0) is 16.2. The van der Waals surface area contributed by atoms with Crippen molar-refractivity contribution in [3.05, 3.63) is 24.3 Å². The topological polar surface area (TPSA) is 77.5 Å². The second kappa shape index (κ2) is 4.83. The van der Waals surface area contributed by atoms with Crippen molar-refractivity contribution in [2.24, 2.45) is 0 Å². The molecule has 3 atom stereocenters. The maximum atomic E-state index is 12.2. The fourth-order valence-corrected chi connectivity index (χ4v) is 3.39. The van der Waals surface area contributed by atoms with Crippen LogP contribution in [0.1, 0.15) is 20.3 Å². The summed E-state index contributed by atoms with van der Waals surface area (Å²) >= 11 is 0. The highest BCUT2D eigenvalue weighted by Crippen LogP contribution is 2.42. The predicted octanol–water partition coefficient (Wildman–Crippen LogP) is 1.99. The molecule has 4 rings (SSSR count). The van der Waals surface area contributed by atoms with Crippen LogP contribution in [0.2, 0.25) is 0 Å². The van der Waals surface area contributed by atoms with E-state index in [1.54, 1.807) is 12.1 Å². The van der Waals surface area contributed by atoms with Gasteiger partial charge in [0.25, 0.3) is 0 Å². The third-order valence-corrected chi connectivity index (χ3v) is 4.36. The first-order valence-electron chi connectivity index (χ1n) is 7.65. The van der Waals surface area contributed by atoms with Gasteiger partial charge in [-0.25, -0.2) is 4.79 Å². The summed E-state index contributed by atoms with van der Waals surface area (Å²) in [6.45, 7) is 4.33. The van der Waals surface area contributed by atoms with Gasteiger partial charge in [0.05, 0.1) is 19.3 Å². The first kappa shape index (κ1) is 14.7. The smallest absolute Gasteiger partial charge is 0.417 e. The van der Waals surface area contributed by atoms with Crippen LogP contribution in [0.5, 0.6) is 5.75 Å². The van der Waals surface area contributed by atoms with Gasteiger partial charge in [0.15, 0.2) is 5.79 Å². The maximum Gasteiger partial charge on any atom is 0.417 e. The molecule has 0 radical (unpaired) electrons. The van der Waals surface area contributed by atoms with E-state index in [9.17, 15) is 9.90 Å². The molecular formula is C16H19NO6. The number of benzene rings is 1. The number of rotatable bonds is 1. The van der Waals surface area contributed by atoms with Crippen molar-refractivity contribution < 1.29 is 28.8 Å². The molecule has 1 aromatic carbocycles. The Morgan fingerprint density at radius 2 is 1.87 bits per heavy atom. The summed E-state index contributed by atoms with van der Waals surface area (Å²) in [5.74, 6) is -1.52. The summed E-state index contributed by atoms with van der Waals surface area (Å²) in [5, 5.41) is 9.37. The molecule has 3 aliphatic rings. The van der Waals surface area contributed by atoms with Crippen LogP contribution in [0, 0.1) is 0 Å². The van der Waals surface area contributed by atoms with Gasteiger partial charge in [-0.2, -0.15) is 0 Å². The quantitative estimate of drug-likeness (QED) is 0.852. The van der Waals surface area contributed by atoms with Crippen molar-refractivity contribution in [3.8, 4) is 5.75 Å². The zero-order valence-electron chi connectivity index (χ0n) is 13.0. The van der Waals surface area contributed by atoms with Gasteiger partial charge in [0.2, 0.25) is 5.79 Å². The molecule has 1 aromatic rings. The second-order valence-electron chi connectivity index (χ2n) is 6.61. The van der Waals surface area contributed by atoms with E-state index in [0.717, 1.165) is 0 Å². The Hall–Kier alpha value is -1.83. The monoisotopic (exact) mass is 321 g/mol. The Morgan fingerprint density at radius 1 is 1.17 bits per heavy atom. The van der Waals surface area contributed by atoms with Gasteiger partial charge in [-0.05, 0) is 38.1 Å². The van der Waals surface area contributed by atoms with Crippen LogP contribution >= 0.6 is 0 Å². The number of phenols is 1. The molecule has 0 aliphatic carbocycles. The average molecular weight is 321 g/mol. The van der Waals surface area contributed by atoms with Gasteiger partial charge >= 0.3 is 6.09 Å². The second-order valence-corrected chi connectivity index (χ2v) is 6.61. The molecule has 124 valence electrons. The summed E-state index contributed by atoms with van der Waals surface area (Å²) in [6, 6.07) is 6.39. The third kappa shape index (κ3) is 2.54. The predicted molar refractivity (Wildman–Crippen MR) is 79.1 cm³/mol. The fraction of sp³-hybridized carbons (Fsp3) is 0.562. The summed E-state index contributed by atoms with van der Waals surface area (Å²) in [7, 11) is 0. The highest BCUT2D eigenvalue weighted by atomic mass is 16.8. The molecule has 0 unspecified atom stereocenters. The fourth-order valence-electron chi connectivity index (χ4n) is 3.39. The van der Waals surface area contributed by atoms with Gasteiger partial charge in [0, 0.05) is 12.1 Å². The third-order valence-electron chi connectivity index (χ3n) is 4.36. The van der Waals surface area contributed by atoms with Crippen molar-refractivity contribution in [1.82, 2.24) is 0 Å². The molecule has 0 bridgehead atoms. The van der Waals surface area contributed by atoms with Crippen LogP contribution in [-0.4, -0.2) is 48.1 Å². The summed E-state index contributed by atoms with van der Waals surface area (Å²) in [5.41, 5.74) is 0.652. The van der Waals surface area contributed by atoms with E-state index in [2.05, 4.69) is 0 Å². The maximum absolute atomic E-state index is 12.2. The Labute approximate surface area is 133 Å². The minimum absolute atomic E-state index is 0.142. The Bertz CT molecular complexity index is 630. The van der Waals surface area contributed by atoms with Crippen molar-refractivity contribution in [3.63, 3.8) is 0 Å². The lowest BCUT2D eigenvalue weighted by Crippen LogP contribution is -2.50. The van der Waals surface area contributed by atoms with E-state index in [-0.39, 0.29) is 24.5 Å². The van der Waals surface area contributed by atoms with Crippen molar-refractivity contribution in [1.29, 1.82) is 0 Å². The minimum atomic E-state index is -1.01. The summed E-state index contributed by atoms with van der Waals surface area (Å²) in [6.07, 6.45) is -0.336. The SMILES string of the molecule is CC1(C)O[C@H]2C[C@@]3(CN(c4ccc(O)cc4)C(=O)O3)OC[C@H]2O1. The number of aromatic hydroxyl groups is 1. The number of amides is 1. The van der Waals surface area contributed by atoms with Gasteiger partial charge < -0.3 is 24.1 Å². The number of phenolic OH excluding ortho intramolecular Hbond substituents is 1. The average Bonchev–Trinajstić information content (AvgIpc) is 2.95. The molecule has 0 saturated carbocycles. The lowest BCUT2D eigenvalue weighted by Gasteiger charge is -2.35. The zero-order valence-corrected chi connectivity index (χ0v) is 13.0. The largest absolute Gasteiger partial charge is 0.508 e. The molecule has 3 heterocycles. The number of ether oxygens (including phenoxy) is 4. The number of hydrogen-bond donors (Lipinski definition) is 1. The number of anilines is 1. The number of carbonyl (C=O) groups is 1. The molecule has 1 amide bonds. The van der Waals surface area contributed by atoms with Crippen molar-refractivity contribution in [2.75, 3.05) is 18.1 Å². The molecule has 7 nitrogen and oxygen atoms in total. The minimum Gasteiger partial charge on any atom is -0.508 e. The molecule has 3 aliphatic heterocycles. The molecule has 3 saturated heterocycles. The van der Waals surface area contributed by atoms with Gasteiger partial charge in [0.1, 0.15) is 11.9 Å². The highest BCUT2D eigenvalue weighted by molar-refractivity contribution is 5.90. The molecular weight excluding hydrogens is 302 g/mol. The summed E-state index contributed by atoms with van der Waals surface area (Å²) < 4.78 is 23.0. The van der Waals surface area contributed by atoms with Crippen LogP contribution in [0.4, 0.5) is 10.5 Å². The van der Waals surface area contributed by atoms with E-state index in [4.69, 9.17) is 18.9 Å². The molecule has 1 spiro atoms. The van der Waals surface area contributed by atoms with E-state index < -0.39 is 17.7 Å². The molecule has 1 N–H and O–H groups in total. The Kier molecular flexibility index (Phi) is 3.10. The van der Waals surface area contributed by atoms with Crippen LogP contribution in [-0.2, 0) is 18.9 Å².